The summed E-state index contributed by atoms with van der Waals surface area (Å²) in [6.07, 6.45) is 0.123. The molecule has 1 N–H and O–H groups in total. The second-order valence-electron chi connectivity index (χ2n) is 2.30. The summed E-state index contributed by atoms with van der Waals surface area (Å²) < 4.78 is 12.5. The first kappa shape index (κ1) is 9.09. The quantitative estimate of drug-likeness (QED) is 0.611. The number of hydrogen-bond donors (Lipinski definition) is 1. The number of nitrogens with zero attached hydrogens (tertiary/aromatic N) is 1. The Morgan fingerprint density at radius 1 is 1.46 bits per heavy atom. The number of rotatable bonds is 0. The molecule has 0 radical (unpaired) electrons. The summed E-state index contributed by atoms with van der Waals surface area (Å²) in [4.78, 5) is 0. The molecule has 0 atom stereocenters. The molecule has 2 nitrogen and oxygen atoms in total. The minimum Gasteiger partial charge on any atom is -0.505 e. The van der Waals surface area contributed by atoms with Gasteiger partial charge in [-0.1, -0.05) is 11.8 Å². The SMILES string of the molecule is N#CCC#Cc1ccc(F)c(O)c1. The average Bonchev–Trinajstić information content (AvgIpc) is 2.12. The fourth-order valence-corrected chi connectivity index (χ4v) is 0.776. The highest BCUT2D eigenvalue weighted by atomic mass is 19.1. The van der Waals surface area contributed by atoms with Gasteiger partial charge in [0, 0.05) is 5.56 Å². The van der Waals surface area contributed by atoms with Crippen LogP contribution in [-0.4, -0.2) is 5.11 Å². The second-order valence-corrected chi connectivity index (χ2v) is 2.30. The van der Waals surface area contributed by atoms with Crippen LogP contribution in [0.2, 0.25) is 0 Å². The van der Waals surface area contributed by atoms with Gasteiger partial charge in [-0.2, -0.15) is 5.26 Å². The van der Waals surface area contributed by atoms with Crippen molar-refractivity contribution < 1.29 is 9.50 Å². The normalized spacial score (nSPS) is 8.31. The van der Waals surface area contributed by atoms with Gasteiger partial charge in [0.05, 0.1) is 12.5 Å². The minimum atomic E-state index is -0.675. The van der Waals surface area contributed by atoms with Crippen LogP contribution in [-0.2, 0) is 0 Å². The van der Waals surface area contributed by atoms with Crippen molar-refractivity contribution in [3.8, 4) is 23.7 Å². The molecule has 0 unspecified atom stereocenters. The van der Waals surface area contributed by atoms with E-state index in [1.54, 1.807) is 0 Å². The minimum absolute atomic E-state index is 0.123. The molecule has 0 aliphatic carbocycles. The zero-order valence-electron chi connectivity index (χ0n) is 6.71. The molecule has 1 aromatic carbocycles. The highest BCUT2D eigenvalue weighted by molar-refractivity contribution is 5.40. The topological polar surface area (TPSA) is 44.0 Å². The van der Waals surface area contributed by atoms with Crippen molar-refractivity contribution in [2.45, 2.75) is 6.42 Å². The monoisotopic (exact) mass is 175 g/mol. The number of phenols is 1. The molecule has 3 heteroatoms. The number of phenolic OH excluding ortho intramolecular Hbond substituents is 1. The van der Waals surface area contributed by atoms with Gasteiger partial charge in [0.2, 0.25) is 0 Å². The number of aromatic hydroxyl groups is 1. The van der Waals surface area contributed by atoms with Crippen molar-refractivity contribution in [3.05, 3.63) is 29.6 Å². The zero-order valence-corrected chi connectivity index (χ0v) is 6.71. The van der Waals surface area contributed by atoms with Crippen LogP contribution in [0, 0.1) is 29.0 Å². The molecule has 0 fully saturated rings. The fraction of sp³-hybridized carbons (Fsp3) is 0.100. The Balaban J connectivity index is 2.89. The van der Waals surface area contributed by atoms with Crippen molar-refractivity contribution in [3.63, 3.8) is 0 Å². The first-order chi connectivity index (χ1) is 6.24. The van der Waals surface area contributed by atoms with Crippen molar-refractivity contribution >= 4 is 0 Å². The molecule has 0 spiro atoms. The summed E-state index contributed by atoms with van der Waals surface area (Å²) in [5.41, 5.74) is 0.495. The summed E-state index contributed by atoms with van der Waals surface area (Å²) in [5, 5.41) is 17.1. The van der Waals surface area contributed by atoms with Gasteiger partial charge in [0.25, 0.3) is 0 Å². The van der Waals surface area contributed by atoms with E-state index in [1.807, 2.05) is 6.07 Å². The molecule has 0 amide bonds. The molecule has 0 aliphatic rings. The smallest absolute Gasteiger partial charge is 0.164 e. The lowest BCUT2D eigenvalue weighted by Gasteiger charge is -1.94. The molecule has 1 aromatic rings. The molecule has 64 valence electrons. The number of halogens is 1. The summed E-state index contributed by atoms with van der Waals surface area (Å²) in [6.45, 7) is 0. The van der Waals surface area contributed by atoms with Crippen LogP contribution in [0.4, 0.5) is 4.39 Å². The van der Waals surface area contributed by atoms with Crippen molar-refractivity contribution in [2.75, 3.05) is 0 Å². The Bertz CT molecular complexity index is 409. The number of nitriles is 1. The Kier molecular flexibility index (Phi) is 2.89. The molecule has 0 saturated heterocycles. The van der Waals surface area contributed by atoms with Crippen LogP contribution in [0.5, 0.6) is 5.75 Å². The lowest BCUT2D eigenvalue weighted by atomic mass is 10.2. The summed E-state index contributed by atoms with van der Waals surface area (Å²) in [5.74, 6) is 4.07. The first-order valence-corrected chi connectivity index (χ1v) is 3.58. The predicted octanol–water partition coefficient (Wildman–Crippen LogP) is 1.80. The summed E-state index contributed by atoms with van der Waals surface area (Å²) >= 11 is 0. The molecule has 0 aliphatic heterocycles. The average molecular weight is 175 g/mol. The predicted molar refractivity (Wildman–Crippen MR) is 45.2 cm³/mol. The van der Waals surface area contributed by atoms with E-state index in [2.05, 4.69) is 11.8 Å². The highest BCUT2D eigenvalue weighted by Gasteiger charge is 1.98. The standard InChI is InChI=1S/C10H6FNO/c11-9-5-4-8(7-10(9)13)3-1-2-6-12/h4-5,7,13H,2H2. The Morgan fingerprint density at radius 3 is 2.85 bits per heavy atom. The van der Waals surface area contributed by atoms with Gasteiger partial charge in [-0.3, -0.25) is 0 Å². The molecule has 0 heterocycles. The zero-order chi connectivity index (χ0) is 9.68. The lowest BCUT2D eigenvalue weighted by molar-refractivity contribution is 0.432. The molecule has 1 rings (SSSR count). The number of hydrogen-bond acceptors (Lipinski definition) is 2. The first-order valence-electron chi connectivity index (χ1n) is 3.58. The van der Waals surface area contributed by atoms with Crippen molar-refractivity contribution in [2.24, 2.45) is 0 Å². The third-order valence-electron chi connectivity index (χ3n) is 1.35. The van der Waals surface area contributed by atoms with E-state index in [1.165, 1.54) is 12.1 Å². The van der Waals surface area contributed by atoms with Gasteiger partial charge >= 0.3 is 0 Å². The van der Waals surface area contributed by atoms with E-state index in [4.69, 9.17) is 10.4 Å². The van der Waals surface area contributed by atoms with E-state index >= 15 is 0 Å². The second kappa shape index (κ2) is 4.13. The fourth-order valence-electron chi connectivity index (χ4n) is 0.776. The van der Waals surface area contributed by atoms with E-state index in [0.717, 1.165) is 6.07 Å². The summed E-state index contributed by atoms with van der Waals surface area (Å²) in [6, 6.07) is 5.65. The largest absolute Gasteiger partial charge is 0.505 e. The maximum Gasteiger partial charge on any atom is 0.164 e. The molecule has 0 saturated carbocycles. The van der Waals surface area contributed by atoms with E-state index in [-0.39, 0.29) is 6.42 Å². The van der Waals surface area contributed by atoms with Gasteiger partial charge in [-0.25, -0.2) is 4.39 Å². The highest BCUT2D eigenvalue weighted by Crippen LogP contribution is 2.15. The van der Waals surface area contributed by atoms with Gasteiger partial charge in [0.1, 0.15) is 0 Å². The van der Waals surface area contributed by atoms with Gasteiger partial charge < -0.3 is 5.11 Å². The third kappa shape index (κ3) is 2.50. The van der Waals surface area contributed by atoms with E-state index in [9.17, 15) is 4.39 Å². The van der Waals surface area contributed by atoms with E-state index in [0.29, 0.717) is 5.56 Å². The Morgan fingerprint density at radius 2 is 2.23 bits per heavy atom. The molecule has 13 heavy (non-hydrogen) atoms. The van der Waals surface area contributed by atoms with Crippen LogP contribution in [0.15, 0.2) is 18.2 Å². The van der Waals surface area contributed by atoms with Crippen LogP contribution in [0.1, 0.15) is 12.0 Å². The van der Waals surface area contributed by atoms with Crippen molar-refractivity contribution in [1.29, 1.82) is 5.26 Å². The maximum atomic E-state index is 12.5. The van der Waals surface area contributed by atoms with Crippen LogP contribution in [0.3, 0.4) is 0 Å². The van der Waals surface area contributed by atoms with Gasteiger partial charge in [0.15, 0.2) is 11.6 Å². The Labute approximate surface area is 75.2 Å². The Hall–Kier alpha value is -2.00. The molecule has 0 aromatic heterocycles. The lowest BCUT2D eigenvalue weighted by Crippen LogP contribution is -1.78. The third-order valence-corrected chi connectivity index (χ3v) is 1.35. The maximum absolute atomic E-state index is 12.5. The summed E-state index contributed by atoms with van der Waals surface area (Å²) in [7, 11) is 0. The molecular weight excluding hydrogens is 169 g/mol. The van der Waals surface area contributed by atoms with Crippen LogP contribution >= 0.6 is 0 Å². The van der Waals surface area contributed by atoms with Crippen molar-refractivity contribution in [1.82, 2.24) is 0 Å². The number of benzene rings is 1. The molecule has 0 bridgehead atoms. The van der Waals surface area contributed by atoms with Crippen LogP contribution in [0.25, 0.3) is 0 Å². The molecular formula is C10H6FNO. The van der Waals surface area contributed by atoms with Gasteiger partial charge in [-0.15, -0.1) is 0 Å². The van der Waals surface area contributed by atoms with Gasteiger partial charge in [-0.05, 0) is 18.2 Å². The van der Waals surface area contributed by atoms with Crippen LogP contribution < -0.4 is 0 Å². The van der Waals surface area contributed by atoms with E-state index < -0.39 is 11.6 Å².